The van der Waals surface area contributed by atoms with Crippen LogP contribution in [0.4, 0.5) is 18.9 Å². The number of hydrogen-bond acceptors (Lipinski definition) is 6. The minimum Gasteiger partial charge on any atom is -0.352 e. The van der Waals surface area contributed by atoms with Crippen LogP contribution in [0.15, 0.2) is 17.8 Å². The van der Waals surface area contributed by atoms with E-state index in [1.807, 2.05) is 0 Å². The quantitative estimate of drug-likeness (QED) is 0.420. The molecule has 1 N–H and O–H groups in total. The van der Waals surface area contributed by atoms with Crippen LogP contribution in [0.25, 0.3) is 4.96 Å². The first-order valence-electron chi connectivity index (χ1n) is 6.76. The molecule has 25 heavy (non-hydrogen) atoms. The van der Waals surface area contributed by atoms with Gasteiger partial charge in [0.15, 0.2) is 5.82 Å². The predicted molar refractivity (Wildman–Crippen MR) is 79.9 cm³/mol. The van der Waals surface area contributed by atoms with Crippen molar-refractivity contribution in [2.45, 2.75) is 6.42 Å². The second kappa shape index (κ2) is 6.47. The fourth-order valence-corrected chi connectivity index (χ4v) is 2.96. The molecule has 0 fully saturated rings. The van der Waals surface area contributed by atoms with Gasteiger partial charge in [-0.15, -0.1) is 11.3 Å². The highest BCUT2D eigenvalue weighted by atomic mass is 32.1. The van der Waals surface area contributed by atoms with Crippen LogP contribution in [0, 0.1) is 27.6 Å². The van der Waals surface area contributed by atoms with Gasteiger partial charge in [0.05, 0.1) is 16.2 Å². The lowest BCUT2D eigenvalue weighted by Crippen LogP contribution is -2.27. The number of carbonyl (C=O) groups excluding carboxylic acids is 1. The number of nitrogens with one attached hydrogen (secondary N) is 1. The van der Waals surface area contributed by atoms with Gasteiger partial charge in [0.1, 0.15) is 6.33 Å². The third-order valence-corrected chi connectivity index (χ3v) is 4.20. The smallest absolute Gasteiger partial charge is 0.308 e. The Morgan fingerprint density at radius 3 is 2.80 bits per heavy atom. The number of fused-ring (bicyclic) bond motifs is 1. The number of nitro benzene ring substituents is 1. The molecule has 0 unspecified atom stereocenters. The molecule has 1 aromatic carbocycles. The molecule has 0 atom stereocenters. The molecule has 12 heteroatoms. The second-order valence-electron chi connectivity index (χ2n) is 4.83. The Hall–Kier alpha value is -3.02. The van der Waals surface area contributed by atoms with E-state index in [-0.39, 0.29) is 6.54 Å². The van der Waals surface area contributed by atoms with E-state index in [1.165, 1.54) is 17.7 Å². The Kier molecular flexibility index (Phi) is 4.35. The van der Waals surface area contributed by atoms with Gasteiger partial charge in [-0.25, -0.2) is 18.3 Å². The molecule has 1 amide bonds. The van der Waals surface area contributed by atoms with E-state index >= 15 is 0 Å². The lowest BCUT2D eigenvalue weighted by atomic mass is 10.1. The molecule has 8 nitrogen and oxygen atoms in total. The van der Waals surface area contributed by atoms with Crippen LogP contribution in [0.5, 0.6) is 0 Å². The SMILES string of the molecule is O=C(NCCc1csc2ncnn12)c1cc([N+](=O)[O-])c(F)c(F)c1F. The zero-order valence-electron chi connectivity index (χ0n) is 12.2. The van der Waals surface area contributed by atoms with E-state index < -0.39 is 39.5 Å². The number of nitro groups is 1. The third kappa shape index (κ3) is 3.03. The van der Waals surface area contributed by atoms with Gasteiger partial charge in [0.25, 0.3) is 5.91 Å². The normalized spacial score (nSPS) is 11.0. The molecule has 2 aromatic heterocycles. The zero-order chi connectivity index (χ0) is 18.1. The van der Waals surface area contributed by atoms with E-state index in [2.05, 4.69) is 15.4 Å². The number of benzene rings is 1. The van der Waals surface area contributed by atoms with Crippen LogP contribution in [-0.2, 0) is 6.42 Å². The van der Waals surface area contributed by atoms with Gasteiger partial charge in [-0.05, 0) is 0 Å². The van der Waals surface area contributed by atoms with E-state index in [9.17, 15) is 28.1 Å². The molecule has 0 radical (unpaired) electrons. The van der Waals surface area contributed by atoms with Crippen molar-refractivity contribution < 1.29 is 22.9 Å². The molecule has 0 saturated heterocycles. The maximum atomic E-state index is 13.7. The topological polar surface area (TPSA) is 102 Å². The number of rotatable bonds is 5. The number of halogens is 3. The van der Waals surface area contributed by atoms with Gasteiger partial charge < -0.3 is 5.32 Å². The summed E-state index contributed by atoms with van der Waals surface area (Å²) in [5.74, 6) is -6.90. The van der Waals surface area contributed by atoms with Crippen molar-refractivity contribution in [3.63, 3.8) is 0 Å². The molecule has 0 aliphatic heterocycles. The summed E-state index contributed by atoms with van der Waals surface area (Å²) in [6, 6.07) is 0.364. The van der Waals surface area contributed by atoms with Gasteiger partial charge in [0, 0.05) is 24.4 Å². The Bertz CT molecular complexity index is 987. The van der Waals surface area contributed by atoms with Crippen molar-refractivity contribution >= 4 is 27.9 Å². The molecule has 0 saturated carbocycles. The maximum absolute atomic E-state index is 13.7. The lowest BCUT2D eigenvalue weighted by Gasteiger charge is -2.07. The highest BCUT2D eigenvalue weighted by Crippen LogP contribution is 2.25. The Balaban J connectivity index is 1.75. The number of aromatic nitrogens is 3. The summed E-state index contributed by atoms with van der Waals surface area (Å²) >= 11 is 1.34. The van der Waals surface area contributed by atoms with E-state index in [0.29, 0.717) is 17.4 Å². The molecular formula is C13H8F3N5O3S. The van der Waals surface area contributed by atoms with Crippen molar-refractivity contribution in [3.05, 3.63) is 56.6 Å². The van der Waals surface area contributed by atoms with E-state index in [1.54, 1.807) is 9.90 Å². The summed E-state index contributed by atoms with van der Waals surface area (Å²) in [5, 5.41) is 18.7. The Labute approximate surface area is 141 Å². The van der Waals surface area contributed by atoms with Crippen molar-refractivity contribution in [1.82, 2.24) is 19.9 Å². The number of nitrogens with zero attached hydrogens (tertiary/aromatic N) is 4. The molecule has 3 aromatic rings. The summed E-state index contributed by atoms with van der Waals surface area (Å²) in [7, 11) is 0. The number of thiazole rings is 1. The van der Waals surface area contributed by atoms with Crippen LogP contribution in [-0.4, -0.2) is 32.0 Å². The van der Waals surface area contributed by atoms with Crippen molar-refractivity contribution in [3.8, 4) is 0 Å². The predicted octanol–water partition coefficient (Wildman–Crippen LogP) is 2.09. The summed E-state index contributed by atoms with van der Waals surface area (Å²) in [6.45, 7) is 0.0246. The van der Waals surface area contributed by atoms with E-state index in [4.69, 9.17) is 0 Å². The van der Waals surface area contributed by atoms with Crippen LogP contribution < -0.4 is 5.32 Å². The highest BCUT2D eigenvalue weighted by Gasteiger charge is 2.28. The van der Waals surface area contributed by atoms with Crippen LogP contribution in [0.3, 0.4) is 0 Å². The summed E-state index contributed by atoms with van der Waals surface area (Å²) in [6.07, 6.45) is 1.67. The highest BCUT2D eigenvalue weighted by molar-refractivity contribution is 7.15. The van der Waals surface area contributed by atoms with Gasteiger partial charge >= 0.3 is 5.69 Å². The van der Waals surface area contributed by atoms with Gasteiger partial charge in [-0.1, -0.05) is 0 Å². The van der Waals surface area contributed by atoms with E-state index in [0.717, 1.165) is 5.69 Å². The number of carbonyl (C=O) groups is 1. The van der Waals surface area contributed by atoms with Crippen LogP contribution >= 0.6 is 11.3 Å². The molecule has 130 valence electrons. The minimum atomic E-state index is -2.07. The molecule has 0 aliphatic carbocycles. The largest absolute Gasteiger partial charge is 0.352 e. The maximum Gasteiger partial charge on any atom is 0.308 e. The monoisotopic (exact) mass is 371 g/mol. The molecule has 0 bridgehead atoms. The van der Waals surface area contributed by atoms with Crippen LogP contribution in [0.1, 0.15) is 16.1 Å². The molecular weight excluding hydrogens is 363 g/mol. The average molecular weight is 371 g/mol. The third-order valence-electron chi connectivity index (χ3n) is 3.32. The van der Waals surface area contributed by atoms with Crippen molar-refractivity contribution in [2.24, 2.45) is 0 Å². The fourth-order valence-electron chi connectivity index (χ4n) is 2.13. The first-order chi connectivity index (χ1) is 11.9. The first-order valence-corrected chi connectivity index (χ1v) is 7.64. The van der Waals surface area contributed by atoms with Crippen molar-refractivity contribution in [1.29, 1.82) is 0 Å². The Morgan fingerprint density at radius 2 is 2.08 bits per heavy atom. The Morgan fingerprint density at radius 1 is 1.32 bits per heavy atom. The summed E-state index contributed by atoms with van der Waals surface area (Å²) < 4.78 is 42.0. The molecule has 0 spiro atoms. The summed E-state index contributed by atoms with van der Waals surface area (Å²) in [4.78, 5) is 26.0. The lowest BCUT2D eigenvalue weighted by molar-refractivity contribution is -0.387. The second-order valence-corrected chi connectivity index (χ2v) is 5.67. The molecule has 2 heterocycles. The molecule has 3 rings (SSSR count). The van der Waals surface area contributed by atoms with Crippen LogP contribution in [0.2, 0.25) is 0 Å². The van der Waals surface area contributed by atoms with Crippen molar-refractivity contribution in [2.75, 3.05) is 6.54 Å². The average Bonchev–Trinajstić information content (AvgIpc) is 3.17. The van der Waals surface area contributed by atoms with Gasteiger partial charge in [-0.3, -0.25) is 14.9 Å². The zero-order valence-corrected chi connectivity index (χ0v) is 13.0. The summed E-state index contributed by atoms with van der Waals surface area (Å²) in [5.41, 5.74) is -1.53. The molecule has 0 aliphatic rings. The standard InChI is InChI=1S/C13H8F3N5O3S/c14-9-7(3-8(21(23)24)10(15)11(9)16)12(22)17-2-1-6-4-25-13-18-5-19-20(6)13/h3-5H,1-2H2,(H,17,22). The fraction of sp³-hybridized carbons (Fsp3) is 0.154. The van der Waals surface area contributed by atoms with Gasteiger partial charge in [0.2, 0.25) is 16.6 Å². The number of amides is 1. The minimum absolute atomic E-state index is 0.0246. The number of hydrogen-bond donors (Lipinski definition) is 1. The van der Waals surface area contributed by atoms with Gasteiger partial charge in [-0.2, -0.15) is 9.49 Å². The first kappa shape index (κ1) is 16.8.